The van der Waals surface area contributed by atoms with E-state index in [-0.39, 0.29) is 0 Å². The summed E-state index contributed by atoms with van der Waals surface area (Å²) in [4.78, 5) is 18.3. The van der Waals surface area contributed by atoms with Crippen molar-refractivity contribution in [1.82, 2.24) is 0 Å². The molecule has 1 heterocycles. The van der Waals surface area contributed by atoms with Gasteiger partial charge < -0.3 is 20.4 Å². The fourth-order valence-corrected chi connectivity index (χ4v) is 2.35. The molecule has 0 saturated carbocycles. The molecule has 27 heavy (non-hydrogen) atoms. The van der Waals surface area contributed by atoms with Gasteiger partial charge in [0.15, 0.2) is 11.9 Å². The van der Waals surface area contributed by atoms with E-state index < -0.39 is 5.97 Å². The van der Waals surface area contributed by atoms with Crippen LogP contribution in [0.2, 0.25) is 0 Å². The van der Waals surface area contributed by atoms with E-state index in [2.05, 4.69) is 51.4 Å². The minimum atomic E-state index is -1.08. The van der Waals surface area contributed by atoms with Gasteiger partial charge in [0.1, 0.15) is 12.8 Å². The van der Waals surface area contributed by atoms with Crippen molar-refractivity contribution in [2.45, 2.75) is 93.5 Å². The zero-order valence-corrected chi connectivity index (χ0v) is 18.8. The van der Waals surface area contributed by atoms with Crippen LogP contribution in [-0.2, 0) is 29.0 Å². The van der Waals surface area contributed by atoms with Crippen LogP contribution in [0.15, 0.2) is 12.3 Å². The van der Waals surface area contributed by atoms with Crippen LogP contribution in [0, 0.1) is 0 Å². The SMILES string of the molecule is CC(=O)[O-].CCCC=O.CCN.CCc1cc(CC)c(C(C)C)[n+](CC)c1. The number of rotatable bonds is 6. The molecule has 1 aromatic heterocycles. The number of unbranched alkanes of at least 4 members (excludes halogenated alkanes) is 1. The van der Waals surface area contributed by atoms with E-state index in [0.717, 1.165) is 45.6 Å². The summed E-state index contributed by atoms with van der Waals surface area (Å²) in [5, 5.41) is 8.89. The first-order chi connectivity index (χ1) is 12.7. The van der Waals surface area contributed by atoms with E-state index in [1.165, 1.54) is 16.8 Å². The van der Waals surface area contributed by atoms with Crippen LogP contribution in [0.5, 0.6) is 0 Å². The topological polar surface area (TPSA) is 87.1 Å². The molecule has 0 radical (unpaired) electrons. The van der Waals surface area contributed by atoms with Crippen LogP contribution in [0.4, 0.5) is 0 Å². The maximum atomic E-state index is 9.40. The number of aliphatic carboxylic acids is 1. The number of carbonyl (C=O) groups excluding carboxylic acids is 2. The summed E-state index contributed by atoms with van der Waals surface area (Å²) in [6, 6.07) is 2.38. The lowest BCUT2D eigenvalue weighted by Gasteiger charge is -2.11. The molecule has 0 unspecified atom stereocenters. The number of pyridine rings is 1. The van der Waals surface area contributed by atoms with Gasteiger partial charge in [-0.1, -0.05) is 41.5 Å². The number of carboxylic acid groups (broad SMARTS) is 1. The van der Waals surface area contributed by atoms with E-state index in [1.54, 1.807) is 0 Å². The van der Waals surface area contributed by atoms with Gasteiger partial charge in [-0.3, -0.25) is 0 Å². The van der Waals surface area contributed by atoms with Crippen molar-refractivity contribution in [3.05, 3.63) is 29.1 Å². The Morgan fingerprint density at radius 1 is 1.19 bits per heavy atom. The van der Waals surface area contributed by atoms with Crippen LogP contribution in [-0.4, -0.2) is 18.8 Å². The van der Waals surface area contributed by atoms with Crippen LogP contribution < -0.4 is 15.4 Å². The predicted octanol–water partition coefficient (Wildman–Crippen LogP) is 2.95. The summed E-state index contributed by atoms with van der Waals surface area (Å²) >= 11 is 0. The molecule has 0 aliphatic rings. The molecule has 1 rings (SSSR count). The quantitative estimate of drug-likeness (QED) is 0.605. The highest BCUT2D eigenvalue weighted by molar-refractivity contribution is 5.60. The fourth-order valence-electron chi connectivity index (χ4n) is 2.35. The first-order valence-electron chi connectivity index (χ1n) is 10.1. The average Bonchev–Trinajstić information content (AvgIpc) is 2.61. The highest BCUT2D eigenvalue weighted by Crippen LogP contribution is 2.17. The maximum Gasteiger partial charge on any atom is 0.187 e. The van der Waals surface area contributed by atoms with E-state index >= 15 is 0 Å². The van der Waals surface area contributed by atoms with E-state index in [0.29, 0.717) is 12.3 Å². The molecule has 0 aromatic carbocycles. The molecule has 0 atom stereocenters. The Morgan fingerprint density at radius 3 is 1.89 bits per heavy atom. The Kier molecular flexibility index (Phi) is 22.8. The number of aromatic nitrogens is 1. The molecule has 0 saturated heterocycles. The number of hydrogen-bond acceptors (Lipinski definition) is 4. The number of nitrogens with zero attached hydrogens (tertiary/aromatic N) is 1. The lowest BCUT2D eigenvalue weighted by molar-refractivity contribution is -0.702. The normalized spacial score (nSPS) is 9.11. The van der Waals surface area contributed by atoms with Gasteiger partial charge >= 0.3 is 0 Å². The number of aldehydes is 1. The second-order valence-electron chi connectivity index (χ2n) is 6.26. The smallest absolute Gasteiger partial charge is 0.187 e. The van der Waals surface area contributed by atoms with Gasteiger partial charge in [-0.15, -0.1) is 0 Å². The van der Waals surface area contributed by atoms with Gasteiger partial charge in [-0.25, -0.2) is 4.57 Å². The molecule has 0 bridgehead atoms. The van der Waals surface area contributed by atoms with Crippen molar-refractivity contribution in [1.29, 1.82) is 0 Å². The van der Waals surface area contributed by atoms with Gasteiger partial charge in [0.05, 0.1) is 0 Å². The molecule has 5 heteroatoms. The first kappa shape index (κ1) is 30.0. The zero-order chi connectivity index (χ0) is 21.8. The molecule has 0 aliphatic heterocycles. The molecule has 0 fully saturated rings. The predicted molar refractivity (Wildman–Crippen MR) is 112 cm³/mol. The molecule has 2 N–H and O–H groups in total. The summed E-state index contributed by atoms with van der Waals surface area (Å²) in [7, 11) is 0. The molecule has 1 aromatic rings. The van der Waals surface area contributed by atoms with Gasteiger partial charge in [0.2, 0.25) is 0 Å². The molecule has 5 nitrogen and oxygen atoms in total. The van der Waals surface area contributed by atoms with Gasteiger partial charge in [-0.2, -0.15) is 0 Å². The number of carboxylic acids is 1. The number of hydrogen-bond donors (Lipinski definition) is 1. The summed E-state index contributed by atoms with van der Waals surface area (Å²) in [6.45, 7) is 18.0. The third kappa shape index (κ3) is 17.4. The minimum Gasteiger partial charge on any atom is -0.550 e. The molecule has 0 amide bonds. The molecular weight excluding hydrogens is 340 g/mol. The van der Waals surface area contributed by atoms with Crippen molar-refractivity contribution < 1.29 is 19.3 Å². The molecule has 0 aliphatic carbocycles. The third-order valence-electron chi connectivity index (χ3n) is 3.40. The monoisotopic (exact) mass is 382 g/mol. The van der Waals surface area contributed by atoms with Crippen molar-refractivity contribution in [2.75, 3.05) is 6.54 Å². The number of carbonyl (C=O) groups is 2. The summed E-state index contributed by atoms with van der Waals surface area (Å²) in [5.74, 6) is -0.467. The minimum absolute atomic E-state index is 0.616. The average molecular weight is 383 g/mol. The molecular formula is C22H42N2O3. The second-order valence-corrected chi connectivity index (χ2v) is 6.26. The Morgan fingerprint density at radius 2 is 1.67 bits per heavy atom. The third-order valence-corrected chi connectivity index (χ3v) is 3.40. The van der Waals surface area contributed by atoms with Crippen molar-refractivity contribution in [3.63, 3.8) is 0 Å². The fraction of sp³-hybridized carbons (Fsp3) is 0.682. The molecule has 158 valence electrons. The van der Waals surface area contributed by atoms with E-state index in [4.69, 9.17) is 15.6 Å². The van der Waals surface area contributed by atoms with Crippen molar-refractivity contribution >= 4 is 12.3 Å². The van der Waals surface area contributed by atoms with Crippen LogP contribution in [0.3, 0.4) is 0 Å². The highest BCUT2D eigenvalue weighted by atomic mass is 16.4. The summed E-state index contributed by atoms with van der Waals surface area (Å²) < 4.78 is 2.42. The van der Waals surface area contributed by atoms with Crippen LogP contribution in [0.1, 0.15) is 91.0 Å². The van der Waals surface area contributed by atoms with E-state index in [9.17, 15) is 4.79 Å². The summed E-state index contributed by atoms with van der Waals surface area (Å²) in [6.07, 6.45) is 7.20. The summed E-state index contributed by atoms with van der Waals surface area (Å²) in [5.41, 5.74) is 9.33. The Hall–Kier alpha value is -1.75. The highest BCUT2D eigenvalue weighted by Gasteiger charge is 2.18. The molecule has 0 spiro atoms. The van der Waals surface area contributed by atoms with Gasteiger partial charge in [0.25, 0.3) is 0 Å². The zero-order valence-electron chi connectivity index (χ0n) is 18.8. The second kappa shape index (κ2) is 20.6. The Labute approximate surface area is 167 Å². The first-order valence-corrected chi connectivity index (χ1v) is 10.1. The van der Waals surface area contributed by atoms with Crippen LogP contribution in [0.25, 0.3) is 0 Å². The van der Waals surface area contributed by atoms with Crippen molar-refractivity contribution in [3.8, 4) is 0 Å². The standard InChI is InChI=1S/C14H24N.C4H8O.C2H7N.C2H4O2/c1-6-12-9-13(7-2)14(11(4)5)15(8-3)10-12;1-2-3-4-5;1-2-3;1-2(3)4/h9-11H,6-8H2,1-5H3;4H,2-3H2,1H3;2-3H2,1H3;1H3,(H,3,4)/q+1;;;/p-1. The lowest BCUT2D eigenvalue weighted by atomic mass is 9.99. The Bertz CT molecular complexity index is 471. The maximum absolute atomic E-state index is 9.40. The van der Waals surface area contributed by atoms with Crippen LogP contribution >= 0.6 is 0 Å². The van der Waals surface area contributed by atoms with Gasteiger partial charge in [0, 0.05) is 29.4 Å². The Balaban J connectivity index is -0.000000395. The number of aryl methyl sites for hydroxylation is 3. The largest absolute Gasteiger partial charge is 0.550 e. The lowest BCUT2D eigenvalue weighted by Crippen LogP contribution is -2.39. The van der Waals surface area contributed by atoms with Crippen molar-refractivity contribution in [2.24, 2.45) is 5.73 Å². The van der Waals surface area contributed by atoms with E-state index in [1.807, 2.05) is 13.8 Å². The number of nitrogens with two attached hydrogens (primary N) is 1. The van der Waals surface area contributed by atoms with Gasteiger partial charge in [-0.05, 0) is 45.7 Å².